The van der Waals surface area contributed by atoms with Crippen molar-refractivity contribution < 1.29 is 91.2 Å². The maximum absolute atomic E-state index is 13.1. The van der Waals surface area contributed by atoms with Gasteiger partial charge in [-0.3, -0.25) is 0 Å². The molecule has 2 rings (SSSR count). The molecule has 0 unspecified atom stereocenters. The van der Waals surface area contributed by atoms with Crippen LogP contribution in [0.4, 0.5) is 35.1 Å². The van der Waals surface area contributed by atoms with Crippen LogP contribution in [0.5, 0.6) is 0 Å². The van der Waals surface area contributed by atoms with E-state index < -0.39 is 95.2 Å². The van der Waals surface area contributed by atoms with E-state index in [1.807, 2.05) is 13.8 Å². The second-order valence-corrected chi connectivity index (χ2v) is 7.06. The molecule has 15 heteroatoms. The summed E-state index contributed by atoms with van der Waals surface area (Å²) in [7, 11) is 2.27. The fourth-order valence-corrected chi connectivity index (χ4v) is 2.26. The van der Waals surface area contributed by atoms with Gasteiger partial charge >= 0.3 is 0 Å². The van der Waals surface area contributed by atoms with E-state index in [4.69, 9.17) is 20.4 Å². The zero-order valence-corrected chi connectivity index (χ0v) is 24.2. The summed E-state index contributed by atoms with van der Waals surface area (Å²) >= 11 is 0. The number of hydrogen-bond acceptors (Lipinski definition) is 6. The molecule has 6 nitrogen and oxygen atoms in total. The first-order valence-electron chi connectivity index (χ1n) is 11.0. The molecule has 2 aromatic carbocycles. The van der Waals surface area contributed by atoms with Crippen molar-refractivity contribution in [3.05, 3.63) is 68.8 Å². The summed E-state index contributed by atoms with van der Waals surface area (Å²) in [4.78, 5) is 0. The Balaban J connectivity index is -0.000000512. The molecule has 39 heavy (non-hydrogen) atoms. The van der Waals surface area contributed by atoms with Crippen LogP contribution < -0.4 is 0 Å². The molecule has 0 spiro atoms. The third-order valence-electron chi connectivity index (χ3n) is 4.23. The number of rotatable bonds is 8. The normalized spacial score (nSPS) is 9.85. The minimum absolute atomic E-state index is 0. The van der Waals surface area contributed by atoms with Gasteiger partial charge in [-0.1, -0.05) is 13.8 Å². The monoisotopic (exact) mass is 658 g/mol. The molecule has 0 aliphatic carbocycles. The van der Waals surface area contributed by atoms with Crippen molar-refractivity contribution in [1.29, 1.82) is 0 Å². The minimum atomic E-state index is -1.59. The molecule has 0 amide bonds. The average Bonchev–Trinajstić information content (AvgIpc) is 2.92. The van der Waals surface area contributed by atoms with E-state index in [2.05, 4.69) is 9.47 Å². The van der Waals surface area contributed by atoms with Crippen LogP contribution in [0, 0.1) is 46.5 Å². The van der Waals surface area contributed by atoms with Gasteiger partial charge in [-0.15, -0.1) is 0 Å². The van der Waals surface area contributed by atoms with Crippen molar-refractivity contribution in [3.8, 4) is 0 Å². The first kappa shape index (κ1) is 42.0. The molecule has 0 saturated heterocycles. The van der Waals surface area contributed by atoms with E-state index in [1.54, 1.807) is 0 Å². The largest absolute Gasteiger partial charge is 0.396 e. The summed E-state index contributed by atoms with van der Waals surface area (Å²) in [5, 5.41) is 32.8. The smallest absolute Gasteiger partial charge is 0.167 e. The Morgan fingerprint density at radius 1 is 0.462 bits per heavy atom. The third-order valence-corrected chi connectivity index (χ3v) is 4.23. The SMILES string of the molecule is CCCO.CCCO.COCc1c(F)c(F)c(CO)c(F)c1F.COCc1c(F)c(F)c(CO)c(F)c1F.[Zr]. The number of aliphatic hydroxyl groups excluding tert-OH is 4. The summed E-state index contributed by atoms with van der Waals surface area (Å²) in [6.07, 6.45) is 1.75. The quantitative estimate of drug-likeness (QED) is 0.246. The van der Waals surface area contributed by atoms with Crippen LogP contribution in [0.25, 0.3) is 0 Å². The number of methoxy groups -OCH3 is 2. The second kappa shape index (κ2) is 23.2. The van der Waals surface area contributed by atoms with Crippen molar-refractivity contribution in [2.24, 2.45) is 0 Å². The van der Waals surface area contributed by atoms with Gasteiger partial charge in [-0.25, -0.2) is 35.1 Å². The molecule has 0 aromatic heterocycles. The van der Waals surface area contributed by atoms with Crippen LogP contribution in [0.1, 0.15) is 48.9 Å². The summed E-state index contributed by atoms with van der Waals surface area (Å²) in [5.41, 5.74) is -3.70. The van der Waals surface area contributed by atoms with E-state index in [1.165, 1.54) is 0 Å². The summed E-state index contributed by atoms with van der Waals surface area (Å²) in [6.45, 7) is 1.10. The molecular formula is C24H32F8O6Zr. The van der Waals surface area contributed by atoms with Gasteiger partial charge in [0.1, 0.15) is 0 Å². The van der Waals surface area contributed by atoms with Crippen LogP contribution in [0.3, 0.4) is 0 Å². The number of hydrogen-bond donors (Lipinski definition) is 4. The predicted molar refractivity (Wildman–Crippen MR) is 121 cm³/mol. The topological polar surface area (TPSA) is 99.4 Å². The van der Waals surface area contributed by atoms with Gasteiger partial charge in [0, 0.05) is 53.6 Å². The van der Waals surface area contributed by atoms with E-state index in [0.717, 1.165) is 27.1 Å². The minimum Gasteiger partial charge on any atom is -0.396 e. The van der Waals surface area contributed by atoms with E-state index in [9.17, 15) is 35.1 Å². The zero-order valence-electron chi connectivity index (χ0n) is 21.8. The van der Waals surface area contributed by atoms with Gasteiger partial charge in [0.15, 0.2) is 46.5 Å². The second-order valence-electron chi connectivity index (χ2n) is 7.06. The van der Waals surface area contributed by atoms with Gasteiger partial charge in [0.25, 0.3) is 0 Å². The Morgan fingerprint density at radius 2 is 0.641 bits per heavy atom. The van der Waals surface area contributed by atoms with Gasteiger partial charge < -0.3 is 29.9 Å². The molecule has 0 aliphatic rings. The first-order chi connectivity index (χ1) is 17.9. The summed E-state index contributed by atoms with van der Waals surface area (Å²) < 4.78 is 113. The molecule has 0 aliphatic heterocycles. The van der Waals surface area contributed by atoms with Gasteiger partial charge in [-0.2, -0.15) is 0 Å². The van der Waals surface area contributed by atoms with E-state index in [-0.39, 0.29) is 26.2 Å². The number of benzene rings is 2. The predicted octanol–water partition coefficient (Wildman–Crippen LogP) is 4.54. The van der Waals surface area contributed by atoms with Crippen LogP contribution in [0.2, 0.25) is 0 Å². The molecular weight excluding hydrogens is 627 g/mol. The third kappa shape index (κ3) is 12.7. The van der Waals surface area contributed by atoms with Crippen LogP contribution in [0.15, 0.2) is 0 Å². The van der Waals surface area contributed by atoms with Crippen molar-refractivity contribution in [2.45, 2.75) is 53.1 Å². The Labute approximate surface area is 240 Å². The standard InChI is InChI=1S/2C9H8F4O2.2C3H8O.Zr/c2*1-15-3-5-8(12)6(10)4(2-14)7(11)9(5)13;2*1-2-3-4;/h2*14H,2-3H2,1H3;2*4H,2-3H2,1H3;. The number of ether oxygens (including phenoxy) is 2. The molecule has 0 fully saturated rings. The Morgan fingerprint density at radius 3 is 0.769 bits per heavy atom. The van der Waals surface area contributed by atoms with Crippen molar-refractivity contribution in [1.82, 2.24) is 0 Å². The Kier molecular flexibility index (Phi) is 25.0. The van der Waals surface area contributed by atoms with Crippen LogP contribution in [-0.2, 0) is 62.1 Å². The molecule has 2 aromatic rings. The fourth-order valence-electron chi connectivity index (χ4n) is 2.26. The molecule has 0 atom stereocenters. The molecule has 4 N–H and O–H groups in total. The number of aliphatic hydroxyl groups is 4. The average molecular weight is 660 g/mol. The van der Waals surface area contributed by atoms with Crippen molar-refractivity contribution >= 4 is 0 Å². The molecule has 0 saturated carbocycles. The van der Waals surface area contributed by atoms with E-state index in [0.29, 0.717) is 13.2 Å². The Bertz CT molecular complexity index is 843. The number of halogens is 8. The van der Waals surface area contributed by atoms with Crippen molar-refractivity contribution in [2.75, 3.05) is 27.4 Å². The maximum Gasteiger partial charge on any atom is 0.167 e. The zero-order chi connectivity index (χ0) is 30.0. The van der Waals surface area contributed by atoms with Crippen LogP contribution in [-0.4, -0.2) is 47.9 Å². The summed E-state index contributed by atoms with van der Waals surface area (Å²) in [6, 6.07) is 0. The fraction of sp³-hybridized carbons (Fsp3) is 0.500. The van der Waals surface area contributed by atoms with Crippen molar-refractivity contribution in [3.63, 3.8) is 0 Å². The van der Waals surface area contributed by atoms with Gasteiger partial charge in [-0.05, 0) is 12.8 Å². The molecule has 0 heterocycles. The Hall–Kier alpha value is -1.48. The summed E-state index contributed by atoms with van der Waals surface area (Å²) in [5.74, 6) is -12.5. The van der Waals surface area contributed by atoms with Crippen LogP contribution >= 0.6 is 0 Å². The van der Waals surface area contributed by atoms with E-state index >= 15 is 0 Å². The van der Waals surface area contributed by atoms with Gasteiger partial charge in [0.05, 0.1) is 48.7 Å². The molecule has 224 valence electrons. The maximum atomic E-state index is 13.1. The van der Waals surface area contributed by atoms with Gasteiger partial charge in [0.2, 0.25) is 0 Å². The first-order valence-corrected chi connectivity index (χ1v) is 11.0. The molecule has 0 radical (unpaired) electrons. The molecule has 0 bridgehead atoms.